The number of nitrogens with one attached hydrogen (secondary N) is 1. The predicted octanol–water partition coefficient (Wildman–Crippen LogP) is 3.10. The molecule has 3 nitrogen and oxygen atoms in total. The molecule has 21 heavy (non-hydrogen) atoms. The predicted molar refractivity (Wildman–Crippen MR) is 85.1 cm³/mol. The minimum absolute atomic E-state index is 0.292. The van der Waals surface area contributed by atoms with E-state index >= 15 is 0 Å². The maximum Gasteiger partial charge on any atom is 0.0850 e. The lowest BCUT2D eigenvalue weighted by molar-refractivity contribution is -0.370. The zero-order valence-electron chi connectivity index (χ0n) is 11.6. The van der Waals surface area contributed by atoms with Gasteiger partial charge in [0.2, 0.25) is 0 Å². The monoisotopic (exact) mass is 298 g/mol. The second-order valence-corrected chi connectivity index (χ2v) is 5.44. The molecule has 0 saturated carbocycles. The first-order valence-electron chi connectivity index (χ1n) is 6.92. The molecule has 2 aromatic carbocycles. The van der Waals surface area contributed by atoms with Crippen molar-refractivity contribution in [3.05, 3.63) is 77.1 Å². The maximum absolute atomic E-state index is 5.96. The molecule has 4 N–H and O–H groups in total. The van der Waals surface area contributed by atoms with Crippen molar-refractivity contribution in [2.45, 2.75) is 5.92 Å². The van der Waals surface area contributed by atoms with Gasteiger partial charge in [-0.1, -0.05) is 48.0 Å². The Morgan fingerprint density at radius 1 is 0.952 bits per heavy atom. The van der Waals surface area contributed by atoms with Gasteiger partial charge in [-0.2, -0.15) is 5.10 Å². The van der Waals surface area contributed by atoms with E-state index in [0.29, 0.717) is 5.92 Å². The number of H-pyrrole nitrogens is 1. The van der Waals surface area contributed by atoms with E-state index in [4.69, 9.17) is 11.6 Å². The van der Waals surface area contributed by atoms with Crippen molar-refractivity contribution in [2.24, 2.45) is 0 Å². The summed E-state index contributed by atoms with van der Waals surface area (Å²) >= 11 is 5.96. The van der Waals surface area contributed by atoms with Crippen LogP contribution in [0.25, 0.3) is 11.1 Å². The van der Waals surface area contributed by atoms with E-state index < -0.39 is 0 Å². The molecule has 1 aromatic heterocycles. The summed E-state index contributed by atoms with van der Waals surface area (Å²) in [6, 6.07) is 16.6. The Morgan fingerprint density at radius 3 is 2.10 bits per heavy atom. The van der Waals surface area contributed by atoms with Crippen molar-refractivity contribution in [3.8, 4) is 11.1 Å². The summed E-state index contributed by atoms with van der Waals surface area (Å²) < 4.78 is 0. The lowest BCUT2D eigenvalue weighted by Crippen LogP contribution is -2.53. The van der Waals surface area contributed by atoms with Crippen LogP contribution in [0.4, 0.5) is 0 Å². The standard InChI is InChI=1S/C17H16ClN3/c18-16-7-5-14(6-8-16)17(9-19)13-3-1-12(2-4-13)15-10-20-21-11-15/h1-8,10-11,17H,9,19H2,(H,20,21)/p+1/t17-/m1/s1. The summed E-state index contributed by atoms with van der Waals surface area (Å²) in [7, 11) is 0. The van der Waals surface area contributed by atoms with Crippen LogP contribution in [0, 0.1) is 0 Å². The van der Waals surface area contributed by atoms with E-state index in [0.717, 1.165) is 22.7 Å². The van der Waals surface area contributed by atoms with Crippen LogP contribution in [0.1, 0.15) is 17.0 Å². The van der Waals surface area contributed by atoms with E-state index in [9.17, 15) is 0 Å². The minimum atomic E-state index is 0.292. The summed E-state index contributed by atoms with van der Waals surface area (Å²) in [5, 5.41) is 7.58. The highest BCUT2D eigenvalue weighted by molar-refractivity contribution is 6.30. The third-order valence-electron chi connectivity index (χ3n) is 3.71. The number of hydrogen-bond acceptors (Lipinski definition) is 1. The van der Waals surface area contributed by atoms with Crippen molar-refractivity contribution in [2.75, 3.05) is 6.54 Å². The summed E-state index contributed by atoms with van der Waals surface area (Å²) in [5.74, 6) is 0.292. The van der Waals surface area contributed by atoms with Crippen molar-refractivity contribution in [1.82, 2.24) is 10.2 Å². The molecule has 1 heterocycles. The lowest BCUT2D eigenvalue weighted by atomic mass is 9.90. The van der Waals surface area contributed by atoms with Crippen LogP contribution in [-0.2, 0) is 0 Å². The van der Waals surface area contributed by atoms with Crippen LogP contribution in [0.3, 0.4) is 0 Å². The van der Waals surface area contributed by atoms with E-state index in [1.165, 1.54) is 11.1 Å². The van der Waals surface area contributed by atoms with Crippen LogP contribution >= 0.6 is 11.6 Å². The summed E-state index contributed by atoms with van der Waals surface area (Å²) in [4.78, 5) is 0. The highest BCUT2D eigenvalue weighted by Gasteiger charge is 2.14. The molecule has 0 aliphatic carbocycles. The smallest absolute Gasteiger partial charge is 0.0850 e. The van der Waals surface area contributed by atoms with E-state index in [2.05, 4.69) is 52.3 Å². The third kappa shape index (κ3) is 2.99. The van der Waals surface area contributed by atoms with Gasteiger partial charge in [0.05, 0.1) is 18.7 Å². The number of aromatic amines is 1. The number of halogens is 1. The number of nitrogens with zero attached hydrogens (tertiary/aromatic N) is 1. The molecule has 1 atom stereocenters. The van der Waals surface area contributed by atoms with Crippen LogP contribution in [0.15, 0.2) is 60.9 Å². The van der Waals surface area contributed by atoms with Gasteiger partial charge in [-0.15, -0.1) is 0 Å². The molecule has 0 fully saturated rings. The first-order chi connectivity index (χ1) is 10.3. The normalized spacial score (nSPS) is 12.3. The number of aromatic nitrogens is 2. The zero-order chi connectivity index (χ0) is 14.7. The quantitative estimate of drug-likeness (QED) is 0.764. The SMILES string of the molecule is [NH3+]C[C@@H](c1ccc(Cl)cc1)c1ccc(-c2cn[nH]c2)cc1. The van der Waals surface area contributed by atoms with E-state index in [1.807, 2.05) is 24.5 Å². The molecule has 0 saturated heterocycles. The van der Waals surface area contributed by atoms with Gasteiger partial charge in [0.1, 0.15) is 0 Å². The van der Waals surface area contributed by atoms with Crippen LogP contribution in [0.5, 0.6) is 0 Å². The summed E-state index contributed by atoms with van der Waals surface area (Å²) in [5.41, 5.74) is 8.85. The molecule has 3 rings (SSSR count). The second-order valence-electron chi connectivity index (χ2n) is 5.00. The van der Waals surface area contributed by atoms with Crippen molar-refractivity contribution in [1.29, 1.82) is 0 Å². The Balaban J connectivity index is 1.89. The van der Waals surface area contributed by atoms with Crippen LogP contribution < -0.4 is 5.73 Å². The molecule has 0 aliphatic heterocycles. The highest BCUT2D eigenvalue weighted by atomic mass is 35.5. The zero-order valence-corrected chi connectivity index (χ0v) is 12.3. The average molecular weight is 299 g/mol. The number of benzene rings is 2. The number of quaternary nitrogens is 1. The molecular formula is C17H17ClN3+. The van der Waals surface area contributed by atoms with Crippen molar-refractivity contribution >= 4 is 11.6 Å². The van der Waals surface area contributed by atoms with Gasteiger partial charge in [0.15, 0.2) is 0 Å². The Labute approximate surface area is 128 Å². The highest BCUT2D eigenvalue weighted by Crippen LogP contribution is 2.27. The molecule has 0 bridgehead atoms. The molecule has 0 radical (unpaired) electrons. The van der Waals surface area contributed by atoms with Gasteiger partial charge < -0.3 is 5.73 Å². The summed E-state index contributed by atoms with van der Waals surface area (Å²) in [6.45, 7) is 0.812. The van der Waals surface area contributed by atoms with Crippen molar-refractivity contribution < 1.29 is 5.73 Å². The first-order valence-corrected chi connectivity index (χ1v) is 7.29. The Morgan fingerprint density at radius 2 is 1.57 bits per heavy atom. The van der Waals surface area contributed by atoms with Gasteiger partial charge >= 0.3 is 0 Å². The summed E-state index contributed by atoms with van der Waals surface area (Å²) in [6.07, 6.45) is 3.72. The van der Waals surface area contributed by atoms with E-state index in [1.54, 1.807) is 0 Å². The number of rotatable bonds is 4. The maximum atomic E-state index is 5.96. The van der Waals surface area contributed by atoms with Gasteiger partial charge in [-0.25, -0.2) is 0 Å². The van der Waals surface area contributed by atoms with Gasteiger partial charge in [-0.05, 0) is 28.8 Å². The van der Waals surface area contributed by atoms with Gasteiger partial charge in [-0.3, -0.25) is 5.10 Å². The van der Waals surface area contributed by atoms with E-state index in [-0.39, 0.29) is 0 Å². The fourth-order valence-electron chi connectivity index (χ4n) is 2.54. The van der Waals surface area contributed by atoms with Crippen LogP contribution in [0.2, 0.25) is 5.02 Å². The molecule has 0 unspecified atom stereocenters. The Kier molecular flexibility index (Phi) is 4.04. The van der Waals surface area contributed by atoms with Gasteiger partial charge in [0.25, 0.3) is 0 Å². The third-order valence-corrected chi connectivity index (χ3v) is 3.96. The molecule has 3 aromatic rings. The minimum Gasteiger partial charge on any atom is -0.357 e. The van der Waals surface area contributed by atoms with Crippen LogP contribution in [-0.4, -0.2) is 16.7 Å². The first kappa shape index (κ1) is 13.9. The molecule has 106 valence electrons. The largest absolute Gasteiger partial charge is 0.357 e. The van der Waals surface area contributed by atoms with Gasteiger partial charge in [0, 0.05) is 16.8 Å². The average Bonchev–Trinajstić information content (AvgIpc) is 3.05. The molecule has 0 amide bonds. The fraction of sp³-hybridized carbons (Fsp3) is 0.118. The molecular weight excluding hydrogens is 282 g/mol. The topological polar surface area (TPSA) is 56.3 Å². The lowest BCUT2D eigenvalue weighted by Gasteiger charge is -2.14. The number of hydrogen-bond donors (Lipinski definition) is 2. The Hall–Kier alpha value is -2.10. The molecule has 0 spiro atoms. The molecule has 4 heteroatoms. The van der Waals surface area contributed by atoms with Crippen molar-refractivity contribution in [3.63, 3.8) is 0 Å². The molecule has 0 aliphatic rings. The second kappa shape index (κ2) is 6.12. The Bertz CT molecular complexity index is 688. The fourth-order valence-corrected chi connectivity index (χ4v) is 2.66.